The Morgan fingerprint density at radius 2 is 2.24 bits per heavy atom. The highest BCUT2D eigenvalue weighted by molar-refractivity contribution is 5.21. The average Bonchev–Trinajstić information content (AvgIpc) is 2.35. The summed E-state index contributed by atoms with van der Waals surface area (Å²) in [6.45, 7) is 12.8. The molecule has 1 heterocycles. The van der Waals surface area contributed by atoms with Crippen LogP contribution in [0.2, 0.25) is 0 Å². The van der Waals surface area contributed by atoms with E-state index in [2.05, 4.69) is 32.3 Å². The summed E-state index contributed by atoms with van der Waals surface area (Å²) < 4.78 is 11.0. The zero-order valence-corrected chi connectivity index (χ0v) is 11.5. The Kier molecular flexibility index (Phi) is 5.72. The van der Waals surface area contributed by atoms with Crippen molar-refractivity contribution < 1.29 is 9.47 Å². The normalized spacial score (nSPS) is 24.2. The van der Waals surface area contributed by atoms with Gasteiger partial charge in [-0.05, 0) is 33.3 Å². The van der Waals surface area contributed by atoms with E-state index >= 15 is 0 Å². The molecule has 1 aliphatic rings. The van der Waals surface area contributed by atoms with E-state index in [1.807, 2.05) is 6.08 Å². The van der Waals surface area contributed by atoms with Crippen LogP contribution in [0.4, 0.5) is 0 Å². The third kappa shape index (κ3) is 3.33. The highest BCUT2D eigenvalue weighted by Crippen LogP contribution is 2.23. The van der Waals surface area contributed by atoms with Crippen molar-refractivity contribution in [1.29, 1.82) is 0 Å². The molecule has 17 heavy (non-hydrogen) atoms. The maximum atomic E-state index is 5.54. The third-order valence-corrected chi connectivity index (χ3v) is 3.33. The third-order valence-electron chi connectivity index (χ3n) is 3.33. The van der Waals surface area contributed by atoms with E-state index in [9.17, 15) is 0 Å². The fourth-order valence-electron chi connectivity index (χ4n) is 2.47. The molecule has 1 rings (SSSR count). The predicted molar refractivity (Wildman–Crippen MR) is 71.0 cm³/mol. The molecule has 2 unspecified atom stereocenters. The van der Waals surface area contributed by atoms with Crippen LogP contribution in [0.1, 0.15) is 27.2 Å². The highest BCUT2D eigenvalue weighted by atomic mass is 16.5. The van der Waals surface area contributed by atoms with Gasteiger partial charge in [-0.3, -0.25) is 0 Å². The van der Waals surface area contributed by atoms with Gasteiger partial charge in [-0.2, -0.15) is 0 Å². The fraction of sp³-hybridized carbons (Fsp3) is 0.714. The number of likely N-dealkylation sites (N-methyl/N-ethyl adjacent to an activating group) is 1. The van der Waals surface area contributed by atoms with E-state index in [-0.39, 0.29) is 6.10 Å². The van der Waals surface area contributed by atoms with Crippen LogP contribution in [0.3, 0.4) is 0 Å². The van der Waals surface area contributed by atoms with Gasteiger partial charge in [0.2, 0.25) is 0 Å². The molecule has 0 amide bonds. The maximum absolute atomic E-state index is 5.54. The molecule has 0 bridgehead atoms. The Morgan fingerprint density at radius 3 is 2.71 bits per heavy atom. The minimum absolute atomic E-state index is 0.151. The number of allylic oxidation sites excluding steroid dienone is 2. The molecule has 1 saturated heterocycles. The number of hydrogen-bond donors (Lipinski definition) is 0. The largest absolute Gasteiger partial charge is 0.379 e. The fourth-order valence-corrected chi connectivity index (χ4v) is 2.47. The molecule has 0 aromatic rings. The molecule has 3 nitrogen and oxygen atoms in total. The Labute approximate surface area is 105 Å². The standard InChI is InChI=1S/C14H25NO2/c1-6-12(11(3)4)15(7-2)13-8-9-17-10-14(13)16-5/h6,13-14H,1,7-10H2,2-5H3. The molecule has 98 valence electrons. The second-order valence-corrected chi connectivity index (χ2v) is 4.58. The second kappa shape index (κ2) is 6.82. The van der Waals surface area contributed by atoms with Gasteiger partial charge in [-0.25, -0.2) is 0 Å². The SMILES string of the molecule is C=CC(=C(C)C)N(CC)C1CCOCC1OC. The van der Waals surface area contributed by atoms with Crippen molar-refractivity contribution in [1.82, 2.24) is 4.90 Å². The van der Waals surface area contributed by atoms with Crippen LogP contribution in [-0.4, -0.2) is 43.9 Å². The van der Waals surface area contributed by atoms with Crippen molar-refractivity contribution in [3.63, 3.8) is 0 Å². The van der Waals surface area contributed by atoms with Crippen molar-refractivity contribution in [3.05, 3.63) is 23.9 Å². The zero-order chi connectivity index (χ0) is 12.8. The van der Waals surface area contributed by atoms with E-state index in [0.717, 1.165) is 19.6 Å². The van der Waals surface area contributed by atoms with Gasteiger partial charge in [0.05, 0.1) is 12.6 Å². The van der Waals surface area contributed by atoms with Crippen LogP contribution in [-0.2, 0) is 9.47 Å². The first kappa shape index (κ1) is 14.3. The van der Waals surface area contributed by atoms with Crippen molar-refractivity contribution in [3.8, 4) is 0 Å². The van der Waals surface area contributed by atoms with E-state index in [1.165, 1.54) is 11.3 Å². The first-order chi connectivity index (χ1) is 8.15. The van der Waals surface area contributed by atoms with Crippen molar-refractivity contribution in [2.24, 2.45) is 0 Å². The van der Waals surface area contributed by atoms with Crippen molar-refractivity contribution in [2.45, 2.75) is 39.3 Å². The minimum Gasteiger partial charge on any atom is -0.379 e. The maximum Gasteiger partial charge on any atom is 0.101 e. The monoisotopic (exact) mass is 239 g/mol. The summed E-state index contributed by atoms with van der Waals surface area (Å²) in [6, 6.07) is 0.390. The van der Waals surface area contributed by atoms with Crippen LogP contribution in [0.5, 0.6) is 0 Å². The molecule has 1 fully saturated rings. The van der Waals surface area contributed by atoms with Crippen molar-refractivity contribution in [2.75, 3.05) is 26.9 Å². The molecule has 0 spiro atoms. The molecular formula is C14H25NO2. The number of nitrogens with zero attached hydrogens (tertiary/aromatic N) is 1. The number of rotatable bonds is 5. The van der Waals surface area contributed by atoms with Crippen LogP contribution in [0.15, 0.2) is 23.9 Å². The van der Waals surface area contributed by atoms with Gasteiger partial charge in [0.25, 0.3) is 0 Å². The summed E-state index contributed by atoms with van der Waals surface area (Å²) in [5.74, 6) is 0. The molecule has 3 heteroatoms. The lowest BCUT2D eigenvalue weighted by atomic mass is 10.0. The molecule has 1 aliphatic heterocycles. The summed E-state index contributed by atoms with van der Waals surface area (Å²) in [7, 11) is 1.76. The van der Waals surface area contributed by atoms with E-state index in [4.69, 9.17) is 9.47 Å². The number of methoxy groups -OCH3 is 1. The number of hydrogen-bond acceptors (Lipinski definition) is 3. The Hall–Kier alpha value is -0.800. The topological polar surface area (TPSA) is 21.7 Å². The zero-order valence-electron chi connectivity index (χ0n) is 11.5. The van der Waals surface area contributed by atoms with Gasteiger partial charge in [0.1, 0.15) is 6.10 Å². The molecule has 0 radical (unpaired) electrons. The summed E-state index contributed by atoms with van der Waals surface area (Å²) in [5, 5.41) is 0. The van der Waals surface area contributed by atoms with Crippen LogP contribution >= 0.6 is 0 Å². The smallest absolute Gasteiger partial charge is 0.101 e. The van der Waals surface area contributed by atoms with Gasteiger partial charge in [0.15, 0.2) is 0 Å². The summed E-state index contributed by atoms with van der Waals surface area (Å²) >= 11 is 0. The van der Waals surface area contributed by atoms with E-state index in [0.29, 0.717) is 12.6 Å². The van der Waals surface area contributed by atoms with Gasteiger partial charge in [-0.15, -0.1) is 0 Å². The summed E-state index contributed by atoms with van der Waals surface area (Å²) in [5.41, 5.74) is 2.52. The van der Waals surface area contributed by atoms with Crippen molar-refractivity contribution >= 4 is 0 Å². The van der Waals surface area contributed by atoms with Crippen LogP contribution in [0.25, 0.3) is 0 Å². The van der Waals surface area contributed by atoms with Gasteiger partial charge in [-0.1, -0.05) is 12.2 Å². The van der Waals surface area contributed by atoms with E-state index in [1.54, 1.807) is 7.11 Å². The summed E-state index contributed by atoms with van der Waals surface area (Å²) in [4.78, 5) is 2.39. The average molecular weight is 239 g/mol. The molecule has 0 N–H and O–H groups in total. The second-order valence-electron chi connectivity index (χ2n) is 4.58. The lowest BCUT2D eigenvalue weighted by molar-refractivity contribution is -0.0745. The quantitative estimate of drug-likeness (QED) is 0.688. The van der Waals surface area contributed by atoms with Crippen LogP contribution < -0.4 is 0 Å². The molecule has 0 saturated carbocycles. The lowest BCUT2D eigenvalue weighted by Crippen LogP contribution is -2.49. The van der Waals surface area contributed by atoms with Gasteiger partial charge >= 0.3 is 0 Å². The predicted octanol–water partition coefficient (Wildman–Crippen LogP) is 2.59. The Balaban J connectivity index is 2.91. The highest BCUT2D eigenvalue weighted by Gasteiger charge is 2.30. The summed E-state index contributed by atoms with van der Waals surface area (Å²) in [6.07, 6.45) is 3.11. The molecular weight excluding hydrogens is 214 g/mol. The Morgan fingerprint density at radius 1 is 1.53 bits per heavy atom. The van der Waals surface area contributed by atoms with Crippen LogP contribution in [0, 0.1) is 0 Å². The molecule has 0 aromatic carbocycles. The molecule has 0 aromatic heterocycles. The van der Waals surface area contributed by atoms with Gasteiger partial charge in [0, 0.05) is 26.0 Å². The first-order valence-electron chi connectivity index (χ1n) is 6.32. The first-order valence-corrected chi connectivity index (χ1v) is 6.32. The molecule has 0 aliphatic carbocycles. The lowest BCUT2D eigenvalue weighted by Gasteiger charge is -2.41. The molecule has 2 atom stereocenters. The van der Waals surface area contributed by atoms with E-state index < -0.39 is 0 Å². The number of ether oxygens (including phenoxy) is 2. The minimum atomic E-state index is 0.151. The Bertz CT molecular complexity index is 282. The van der Waals surface area contributed by atoms with Gasteiger partial charge < -0.3 is 14.4 Å².